The Hall–Kier alpha value is -3.21. The quantitative estimate of drug-likeness (QED) is 0.363. The summed E-state index contributed by atoms with van der Waals surface area (Å²) in [5, 5.41) is 0.590. The zero-order valence-corrected chi connectivity index (χ0v) is 21.3. The molecule has 1 saturated heterocycles. The predicted molar refractivity (Wildman–Crippen MR) is 138 cm³/mol. The number of piperidine rings is 1. The maximum Gasteiger partial charge on any atom is 0.245 e. The van der Waals surface area contributed by atoms with Crippen molar-refractivity contribution in [3.63, 3.8) is 0 Å². The Labute approximate surface area is 213 Å². The van der Waals surface area contributed by atoms with Crippen LogP contribution in [-0.4, -0.2) is 41.7 Å². The van der Waals surface area contributed by atoms with Crippen LogP contribution in [0.25, 0.3) is 10.2 Å². The molecule has 3 heterocycles. The Kier molecular flexibility index (Phi) is 6.83. The van der Waals surface area contributed by atoms with Crippen LogP contribution >= 0.6 is 11.3 Å². The van der Waals surface area contributed by atoms with Crippen LogP contribution in [0.3, 0.4) is 0 Å². The summed E-state index contributed by atoms with van der Waals surface area (Å²) in [7, 11) is -3.97. The predicted octanol–water partition coefficient (Wildman–Crippen LogP) is 4.77. The molecule has 7 nitrogen and oxygen atoms in total. The first-order chi connectivity index (χ1) is 17.3. The average Bonchev–Trinajstić information content (AvgIpc) is 3.30. The first kappa shape index (κ1) is 24.5. The number of nitrogens with zero attached hydrogens (tertiary/aromatic N) is 4. The summed E-state index contributed by atoms with van der Waals surface area (Å²) in [6.45, 7) is 2.57. The topological polar surface area (TPSA) is 83.5 Å². The van der Waals surface area contributed by atoms with Crippen LogP contribution in [0.2, 0.25) is 0 Å². The number of thiazole rings is 1. The van der Waals surface area contributed by atoms with Crippen molar-refractivity contribution < 1.29 is 17.6 Å². The first-order valence-electron chi connectivity index (χ1n) is 11.7. The van der Waals surface area contributed by atoms with E-state index in [2.05, 4.69) is 4.98 Å². The number of rotatable bonds is 6. The number of anilines is 1. The molecule has 0 atom stereocenters. The second kappa shape index (κ2) is 10.0. The fourth-order valence-corrected chi connectivity index (χ4v) is 6.99. The number of sulfonamides is 1. The zero-order valence-electron chi connectivity index (χ0n) is 19.7. The van der Waals surface area contributed by atoms with E-state index in [-0.39, 0.29) is 36.4 Å². The fraction of sp³-hybridized carbons (Fsp3) is 0.269. The molecular formula is C26H25FN4O3S2. The lowest BCUT2D eigenvalue weighted by atomic mass is 9.96. The van der Waals surface area contributed by atoms with Crippen molar-refractivity contribution in [1.29, 1.82) is 0 Å². The van der Waals surface area contributed by atoms with Crippen LogP contribution < -0.4 is 4.90 Å². The number of pyridine rings is 1. The SMILES string of the molecule is Cc1ccc2nc(N(Cc3ccccn3)C(=O)C3CCN(S(=O)(=O)c4ccccc4F)CC3)sc2c1. The molecule has 0 unspecified atom stereocenters. The van der Waals surface area contributed by atoms with E-state index in [4.69, 9.17) is 4.98 Å². The largest absolute Gasteiger partial charge is 0.282 e. The molecule has 0 saturated carbocycles. The minimum absolute atomic E-state index is 0.112. The number of amides is 1. The van der Waals surface area contributed by atoms with Crippen molar-refractivity contribution in [2.75, 3.05) is 18.0 Å². The molecule has 1 amide bonds. The Morgan fingerprint density at radius 2 is 1.86 bits per heavy atom. The van der Waals surface area contributed by atoms with E-state index in [9.17, 15) is 17.6 Å². The van der Waals surface area contributed by atoms with Crippen molar-refractivity contribution in [2.24, 2.45) is 5.92 Å². The molecule has 0 aliphatic carbocycles. The highest BCUT2D eigenvalue weighted by Gasteiger charge is 2.36. The highest BCUT2D eigenvalue weighted by atomic mass is 32.2. The first-order valence-corrected chi connectivity index (χ1v) is 13.9. The van der Waals surface area contributed by atoms with Crippen LogP contribution in [0.5, 0.6) is 0 Å². The number of carbonyl (C=O) groups is 1. The van der Waals surface area contributed by atoms with Crippen molar-refractivity contribution in [3.8, 4) is 0 Å². The molecule has 0 spiro atoms. The van der Waals surface area contributed by atoms with Gasteiger partial charge in [-0.1, -0.05) is 35.6 Å². The van der Waals surface area contributed by atoms with Gasteiger partial charge in [-0.3, -0.25) is 14.7 Å². The van der Waals surface area contributed by atoms with E-state index in [1.54, 1.807) is 11.1 Å². The molecule has 1 aliphatic heterocycles. The summed E-state index contributed by atoms with van der Waals surface area (Å²) in [5.74, 6) is -1.27. The van der Waals surface area contributed by atoms with E-state index in [1.165, 1.54) is 33.8 Å². The normalized spacial score (nSPS) is 15.3. The van der Waals surface area contributed by atoms with Gasteiger partial charge in [-0.15, -0.1) is 0 Å². The summed E-state index contributed by atoms with van der Waals surface area (Å²) in [6.07, 6.45) is 2.37. The maximum absolute atomic E-state index is 14.2. The summed E-state index contributed by atoms with van der Waals surface area (Å²) in [5.41, 5.74) is 2.68. The van der Waals surface area contributed by atoms with Crippen molar-refractivity contribution in [3.05, 3.63) is 83.9 Å². The highest BCUT2D eigenvalue weighted by molar-refractivity contribution is 7.89. The van der Waals surface area contributed by atoms with E-state index >= 15 is 0 Å². The summed E-state index contributed by atoms with van der Waals surface area (Å²) < 4.78 is 42.4. The third-order valence-electron chi connectivity index (χ3n) is 6.33. The lowest BCUT2D eigenvalue weighted by molar-refractivity contribution is -0.123. The average molecular weight is 525 g/mol. The van der Waals surface area contributed by atoms with Gasteiger partial charge in [0.25, 0.3) is 0 Å². The molecule has 0 N–H and O–H groups in total. The monoisotopic (exact) mass is 524 g/mol. The smallest absolute Gasteiger partial charge is 0.245 e. The van der Waals surface area contributed by atoms with E-state index < -0.39 is 15.8 Å². The van der Waals surface area contributed by atoms with Gasteiger partial charge in [0.2, 0.25) is 15.9 Å². The van der Waals surface area contributed by atoms with Crippen molar-refractivity contribution in [2.45, 2.75) is 31.2 Å². The lowest BCUT2D eigenvalue weighted by Crippen LogP contribution is -2.44. The van der Waals surface area contributed by atoms with Crippen LogP contribution in [0.1, 0.15) is 24.1 Å². The lowest BCUT2D eigenvalue weighted by Gasteiger charge is -2.33. The standard InChI is InChI=1S/C26H25FN4O3S2/c1-18-9-10-22-23(16-18)35-26(29-22)31(17-20-6-4-5-13-28-20)25(32)19-11-14-30(15-12-19)36(33,34)24-8-3-2-7-21(24)27/h2-10,13,16,19H,11-12,14-15,17H2,1H3. The number of benzene rings is 2. The van der Waals surface area contributed by atoms with Gasteiger partial charge in [-0.25, -0.2) is 17.8 Å². The second-order valence-electron chi connectivity index (χ2n) is 8.82. The highest BCUT2D eigenvalue weighted by Crippen LogP contribution is 2.33. The molecule has 36 heavy (non-hydrogen) atoms. The van der Waals surface area contributed by atoms with Crippen LogP contribution in [-0.2, 0) is 21.4 Å². The molecule has 0 radical (unpaired) electrons. The van der Waals surface area contributed by atoms with Gasteiger partial charge in [0.15, 0.2) is 5.13 Å². The molecule has 2 aromatic carbocycles. The Morgan fingerprint density at radius 3 is 2.58 bits per heavy atom. The van der Waals surface area contributed by atoms with E-state index in [0.29, 0.717) is 18.0 Å². The summed E-state index contributed by atoms with van der Waals surface area (Å²) >= 11 is 1.45. The number of aryl methyl sites for hydroxylation is 1. The Bertz CT molecular complexity index is 1500. The van der Waals surface area contributed by atoms with Crippen LogP contribution in [0, 0.1) is 18.7 Å². The number of carbonyl (C=O) groups excluding carboxylic acids is 1. The minimum atomic E-state index is -3.97. The number of hydrogen-bond donors (Lipinski definition) is 0. The summed E-state index contributed by atoms with van der Waals surface area (Å²) in [4.78, 5) is 24.2. The fourth-order valence-electron chi connectivity index (χ4n) is 4.39. The van der Waals surface area contributed by atoms with Crippen LogP contribution in [0.15, 0.2) is 71.8 Å². The van der Waals surface area contributed by atoms with Gasteiger partial charge in [-0.2, -0.15) is 4.31 Å². The van der Waals surface area contributed by atoms with Gasteiger partial charge >= 0.3 is 0 Å². The Morgan fingerprint density at radius 1 is 1.11 bits per heavy atom. The molecule has 186 valence electrons. The molecule has 10 heteroatoms. The van der Waals surface area contributed by atoms with Gasteiger partial charge < -0.3 is 0 Å². The van der Waals surface area contributed by atoms with Crippen LogP contribution in [0.4, 0.5) is 9.52 Å². The van der Waals surface area contributed by atoms with Gasteiger partial charge in [0.05, 0.1) is 22.5 Å². The molecule has 5 rings (SSSR count). The zero-order chi connectivity index (χ0) is 25.3. The molecule has 4 aromatic rings. The molecular weight excluding hydrogens is 499 g/mol. The molecule has 1 aliphatic rings. The number of fused-ring (bicyclic) bond motifs is 1. The summed E-state index contributed by atoms with van der Waals surface area (Å²) in [6, 6.07) is 16.9. The van der Waals surface area contributed by atoms with Gasteiger partial charge in [0, 0.05) is 25.2 Å². The van der Waals surface area contributed by atoms with Gasteiger partial charge in [-0.05, 0) is 61.7 Å². The maximum atomic E-state index is 14.2. The van der Waals surface area contributed by atoms with Crippen molar-refractivity contribution >= 4 is 42.6 Å². The number of halogens is 1. The second-order valence-corrected chi connectivity index (χ2v) is 11.7. The minimum Gasteiger partial charge on any atom is -0.282 e. The third kappa shape index (κ3) is 4.88. The third-order valence-corrected chi connectivity index (χ3v) is 9.31. The number of aromatic nitrogens is 2. The van der Waals surface area contributed by atoms with E-state index in [1.807, 2.05) is 43.3 Å². The number of hydrogen-bond acceptors (Lipinski definition) is 6. The van der Waals surface area contributed by atoms with E-state index in [0.717, 1.165) is 27.5 Å². The molecule has 0 bridgehead atoms. The molecule has 1 fully saturated rings. The van der Waals surface area contributed by atoms with Crippen molar-refractivity contribution in [1.82, 2.24) is 14.3 Å². The molecule has 2 aromatic heterocycles. The Balaban J connectivity index is 1.38. The van der Waals surface area contributed by atoms with Gasteiger partial charge in [0.1, 0.15) is 10.7 Å².